The third-order valence-corrected chi connectivity index (χ3v) is 9.33. The van der Waals surface area contributed by atoms with Crippen LogP contribution in [0.25, 0.3) is 0 Å². The van der Waals surface area contributed by atoms with Crippen LogP contribution in [0.1, 0.15) is 31.2 Å². The highest BCUT2D eigenvalue weighted by Crippen LogP contribution is 2.54. The first-order chi connectivity index (χ1) is 14.8. The molecular weight excluding hydrogens is 448 g/mol. The van der Waals surface area contributed by atoms with E-state index in [2.05, 4.69) is 0 Å². The monoisotopic (exact) mass is 467 g/mol. The highest BCUT2D eigenvalue weighted by molar-refractivity contribution is 7.92. The number of piperidine rings is 1. The molecule has 1 amide bonds. The number of fused-ring (bicyclic) bond motifs is 3. The molecule has 0 N–H and O–H groups in total. The van der Waals surface area contributed by atoms with Crippen LogP contribution < -0.4 is 4.74 Å². The Balaban J connectivity index is 1.77. The molecule has 0 bridgehead atoms. The van der Waals surface area contributed by atoms with Crippen molar-refractivity contribution in [2.24, 2.45) is 5.92 Å². The lowest BCUT2D eigenvalue weighted by molar-refractivity contribution is -0.139. The van der Waals surface area contributed by atoms with E-state index in [4.69, 9.17) is 16.3 Å². The van der Waals surface area contributed by atoms with Crippen LogP contribution in [-0.2, 0) is 19.4 Å². The number of rotatable bonds is 3. The Labute approximate surface area is 183 Å². The average molecular weight is 468 g/mol. The number of carbonyl (C=O) groups excluding carboxylic acids is 1. The van der Waals surface area contributed by atoms with Gasteiger partial charge in [-0.05, 0) is 62.1 Å². The first-order valence-electron chi connectivity index (χ1n) is 10.2. The highest BCUT2D eigenvalue weighted by atomic mass is 35.5. The van der Waals surface area contributed by atoms with Crippen LogP contribution in [0.3, 0.4) is 0 Å². The predicted molar refractivity (Wildman–Crippen MR) is 110 cm³/mol. The fraction of sp³-hybridized carbons (Fsp3) is 0.409. The molecule has 0 radical (unpaired) electrons. The summed E-state index contributed by atoms with van der Waals surface area (Å²) in [6.45, 7) is 0.131. The molecule has 0 unspecified atom stereocenters. The molecular formula is C22H20ClF2NO4S. The maximum absolute atomic E-state index is 15.2. The maximum atomic E-state index is 15.2. The molecule has 5 rings (SSSR count). The molecule has 5 nitrogen and oxygen atoms in total. The molecule has 1 aliphatic carbocycles. The fourth-order valence-electron chi connectivity index (χ4n) is 4.93. The summed E-state index contributed by atoms with van der Waals surface area (Å²) in [5, 5.41) is 0.354. The zero-order valence-corrected chi connectivity index (χ0v) is 18.1. The standard InChI is InChI=1S/C22H20ClF2NO4S/c23-14-4-6-15(7-5-14)31(28,29)22-10-1-11-26(21(27)13-2-3-13)18(22)12-30-20-17(25)9-8-16(24)19(20)22/h4-9,13,18H,1-3,10-12H2/t18-,22+/m0/s1. The number of nitrogens with zero attached hydrogens (tertiary/aromatic N) is 1. The molecule has 0 spiro atoms. The van der Waals surface area contributed by atoms with E-state index in [9.17, 15) is 17.6 Å². The topological polar surface area (TPSA) is 63.7 Å². The number of carbonyl (C=O) groups is 1. The molecule has 2 fully saturated rings. The quantitative estimate of drug-likeness (QED) is 0.682. The van der Waals surface area contributed by atoms with Gasteiger partial charge in [0.15, 0.2) is 21.4 Å². The molecule has 3 aliphatic rings. The van der Waals surface area contributed by atoms with Crippen molar-refractivity contribution in [1.82, 2.24) is 4.90 Å². The van der Waals surface area contributed by atoms with Gasteiger partial charge in [-0.15, -0.1) is 0 Å². The summed E-state index contributed by atoms with van der Waals surface area (Å²) in [4.78, 5) is 14.5. The van der Waals surface area contributed by atoms with Crippen molar-refractivity contribution in [2.75, 3.05) is 13.2 Å². The van der Waals surface area contributed by atoms with Crippen molar-refractivity contribution in [3.8, 4) is 5.75 Å². The van der Waals surface area contributed by atoms with E-state index >= 15 is 4.39 Å². The Hall–Kier alpha value is -2.19. The van der Waals surface area contributed by atoms with E-state index in [-0.39, 0.29) is 35.3 Å². The SMILES string of the molecule is O=C(C1CC1)N1CCC[C@]2(S(=O)(=O)c3ccc(Cl)cc3)c3c(F)ccc(F)c3OC[C@H]12. The molecule has 0 aromatic heterocycles. The molecule has 2 atom stereocenters. The van der Waals surface area contributed by atoms with E-state index in [1.165, 1.54) is 29.2 Å². The molecule has 1 saturated heterocycles. The number of hydrogen-bond donors (Lipinski definition) is 0. The first-order valence-corrected chi connectivity index (χ1v) is 12.1. The lowest BCUT2D eigenvalue weighted by Crippen LogP contribution is -2.64. The summed E-state index contributed by atoms with van der Waals surface area (Å²) < 4.78 is 61.8. The van der Waals surface area contributed by atoms with Crippen molar-refractivity contribution in [1.29, 1.82) is 0 Å². The van der Waals surface area contributed by atoms with Crippen LogP contribution in [0.4, 0.5) is 8.78 Å². The molecule has 2 heterocycles. The second kappa shape index (κ2) is 7.17. The van der Waals surface area contributed by atoms with Gasteiger partial charge in [0, 0.05) is 17.5 Å². The van der Waals surface area contributed by atoms with Gasteiger partial charge in [0.05, 0.1) is 16.5 Å². The van der Waals surface area contributed by atoms with Crippen molar-refractivity contribution in [3.63, 3.8) is 0 Å². The van der Waals surface area contributed by atoms with Gasteiger partial charge in [-0.25, -0.2) is 17.2 Å². The van der Waals surface area contributed by atoms with E-state index < -0.39 is 38.0 Å². The summed E-state index contributed by atoms with van der Waals surface area (Å²) in [7, 11) is -4.26. The van der Waals surface area contributed by atoms with Gasteiger partial charge in [0.1, 0.15) is 17.2 Å². The number of benzene rings is 2. The fourth-order valence-corrected chi connectivity index (χ4v) is 7.40. The van der Waals surface area contributed by atoms with E-state index in [1.807, 2.05) is 0 Å². The van der Waals surface area contributed by atoms with Gasteiger partial charge in [0.25, 0.3) is 0 Å². The van der Waals surface area contributed by atoms with Crippen LogP contribution in [0.5, 0.6) is 5.75 Å². The summed E-state index contributed by atoms with van der Waals surface area (Å²) in [5.74, 6) is -2.38. The number of halogens is 3. The lowest BCUT2D eigenvalue weighted by Gasteiger charge is -2.51. The third-order valence-electron chi connectivity index (χ3n) is 6.54. The summed E-state index contributed by atoms with van der Waals surface area (Å²) >= 11 is 5.94. The Morgan fingerprint density at radius 1 is 1.10 bits per heavy atom. The number of likely N-dealkylation sites (tertiary alicyclic amines) is 1. The van der Waals surface area contributed by atoms with E-state index in [0.717, 1.165) is 25.0 Å². The maximum Gasteiger partial charge on any atom is 0.226 e. The van der Waals surface area contributed by atoms with Gasteiger partial charge in [0.2, 0.25) is 5.91 Å². The van der Waals surface area contributed by atoms with Crippen LogP contribution >= 0.6 is 11.6 Å². The summed E-state index contributed by atoms with van der Waals surface area (Å²) in [6.07, 6.45) is 1.89. The highest BCUT2D eigenvalue weighted by Gasteiger charge is 2.62. The van der Waals surface area contributed by atoms with Crippen LogP contribution in [0, 0.1) is 17.6 Å². The molecule has 164 valence electrons. The second-order valence-electron chi connectivity index (χ2n) is 8.32. The Bertz CT molecular complexity index is 1170. The van der Waals surface area contributed by atoms with E-state index in [0.29, 0.717) is 18.0 Å². The molecule has 9 heteroatoms. The van der Waals surface area contributed by atoms with Crippen molar-refractivity contribution in [3.05, 3.63) is 58.6 Å². The minimum absolute atomic E-state index is 0.0494. The number of amides is 1. The van der Waals surface area contributed by atoms with Crippen LogP contribution in [0.15, 0.2) is 41.3 Å². The van der Waals surface area contributed by atoms with Crippen molar-refractivity contribution >= 4 is 27.3 Å². The lowest BCUT2D eigenvalue weighted by atomic mass is 9.80. The normalized spacial score (nSPS) is 25.4. The van der Waals surface area contributed by atoms with Crippen molar-refractivity contribution < 1.29 is 26.7 Å². The Morgan fingerprint density at radius 3 is 2.45 bits per heavy atom. The minimum atomic E-state index is -4.26. The summed E-state index contributed by atoms with van der Waals surface area (Å²) in [5.41, 5.74) is -0.327. The third kappa shape index (κ3) is 2.98. The number of hydrogen-bond acceptors (Lipinski definition) is 4. The van der Waals surface area contributed by atoms with E-state index in [1.54, 1.807) is 0 Å². The Morgan fingerprint density at radius 2 is 1.77 bits per heavy atom. The van der Waals surface area contributed by atoms with Gasteiger partial charge in [-0.1, -0.05) is 11.6 Å². The predicted octanol–water partition coefficient (Wildman–Crippen LogP) is 4.08. The molecule has 2 aromatic carbocycles. The Kier molecular flexibility index (Phi) is 4.79. The number of ether oxygens (including phenoxy) is 1. The van der Waals surface area contributed by atoms with Gasteiger partial charge >= 0.3 is 0 Å². The summed E-state index contributed by atoms with van der Waals surface area (Å²) in [6, 6.07) is 6.48. The number of sulfone groups is 1. The average Bonchev–Trinajstić information content (AvgIpc) is 3.60. The van der Waals surface area contributed by atoms with Crippen molar-refractivity contribution in [2.45, 2.75) is 41.4 Å². The zero-order valence-electron chi connectivity index (χ0n) is 16.5. The second-order valence-corrected chi connectivity index (χ2v) is 11.0. The van der Waals surface area contributed by atoms with Gasteiger partial charge in [-0.3, -0.25) is 4.79 Å². The van der Waals surface area contributed by atoms with Crippen LogP contribution in [-0.4, -0.2) is 38.4 Å². The first kappa shape index (κ1) is 20.7. The smallest absolute Gasteiger partial charge is 0.226 e. The molecule has 1 saturated carbocycles. The van der Waals surface area contributed by atoms with Gasteiger partial charge in [-0.2, -0.15) is 0 Å². The minimum Gasteiger partial charge on any atom is -0.488 e. The molecule has 2 aromatic rings. The largest absolute Gasteiger partial charge is 0.488 e. The zero-order chi connectivity index (χ0) is 22.0. The molecule has 2 aliphatic heterocycles. The van der Waals surface area contributed by atoms with Gasteiger partial charge < -0.3 is 9.64 Å². The molecule has 31 heavy (non-hydrogen) atoms. The van der Waals surface area contributed by atoms with Crippen LogP contribution in [0.2, 0.25) is 5.02 Å².